The van der Waals surface area contributed by atoms with E-state index in [0.717, 1.165) is 6.42 Å². The van der Waals surface area contributed by atoms with E-state index in [-0.39, 0.29) is 6.04 Å². The van der Waals surface area contributed by atoms with Gasteiger partial charge in [-0.15, -0.1) is 0 Å². The van der Waals surface area contributed by atoms with Crippen LogP contribution in [0.15, 0.2) is 0 Å². The SMILES string of the molecule is CO[C@H]([C@@H](C)C(=O)OC(=O)OC(C)(C)C)[C@@H]1CCCN1C(=O)OC(C)(C)C. The molecule has 0 radical (unpaired) electrons. The molecule has 0 spiro atoms. The van der Waals surface area contributed by atoms with E-state index >= 15 is 0 Å². The molecular weight excluding hydrogens is 354 g/mol. The van der Waals surface area contributed by atoms with E-state index in [9.17, 15) is 14.4 Å². The predicted molar refractivity (Wildman–Crippen MR) is 98.2 cm³/mol. The monoisotopic (exact) mass is 387 g/mol. The smallest absolute Gasteiger partial charge is 0.444 e. The van der Waals surface area contributed by atoms with Crippen molar-refractivity contribution in [1.29, 1.82) is 0 Å². The molecule has 0 unspecified atom stereocenters. The Bertz CT molecular complexity index is 547. The molecule has 1 heterocycles. The number of amides is 1. The van der Waals surface area contributed by atoms with E-state index in [0.29, 0.717) is 13.0 Å². The molecule has 0 saturated carbocycles. The van der Waals surface area contributed by atoms with Gasteiger partial charge in [-0.05, 0) is 61.3 Å². The summed E-state index contributed by atoms with van der Waals surface area (Å²) in [6.07, 6.45) is -0.682. The molecule has 0 aromatic rings. The summed E-state index contributed by atoms with van der Waals surface area (Å²) >= 11 is 0. The summed E-state index contributed by atoms with van der Waals surface area (Å²) in [7, 11) is 1.47. The number of nitrogens with zero attached hydrogens (tertiary/aromatic N) is 1. The van der Waals surface area contributed by atoms with Crippen molar-refractivity contribution in [3.63, 3.8) is 0 Å². The van der Waals surface area contributed by atoms with Crippen molar-refractivity contribution in [3.8, 4) is 0 Å². The molecule has 1 aliphatic rings. The maximum atomic E-state index is 12.5. The van der Waals surface area contributed by atoms with E-state index in [2.05, 4.69) is 0 Å². The van der Waals surface area contributed by atoms with Crippen LogP contribution in [0.1, 0.15) is 61.3 Å². The quantitative estimate of drug-likeness (QED) is 0.538. The minimum absolute atomic E-state index is 0.342. The fourth-order valence-corrected chi connectivity index (χ4v) is 2.96. The molecule has 1 aliphatic heterocycles. The van der Waals surface area contributed by atoms with Crippen molar-refractivity contribution in [2.45, 2.75) is 84.7 Å². The first kappa shape index (κ1) is 23.2. The van der Waals surface area contributed by atoms with Crippen molar-refractivity contribution < 1.29 is 33.3 Å². The van der Waals surface area contributed by atoms with Gasteiger partial charge in [-0.3, -0.25) is 4.79 Å². The number of ether oxygens (including phenoxy) is 4. The normalized spacial score (nSPS) is 20.0. The van der Waals surface area contributed by atoms with Gasteiger partial charge in [-0.2, -0.15) is 0 Å². The average molecular weight is 387 g/mol. The molecule has 3 atom stereocenters. The number of rotatable bonds is 4. The highest BCUT2D eigenvalue weighted by atomic mass is 16.7. The van der Waals surface area contributed by atoms with Gasteiger partial charge < -0.3 is 23.8 Å². The molecule has 1 rings (SSSR count). The Morgan fingerprint density at radius 3 is 2.04 bits per heavy atom. The highest BCUT2D eigenvalue weighted by Crippen LogP contribution is 2.28. The van der Waals surface area contributed by atoms with Crippen molar-refractivity contribution in [2.24, 2.45) is 5.92 Å². The molecule has 8 nitrogen and oxygen atoms in total. The lowest BCUT2D eigenvalue weighted by Gasteiger charge is -2.34. The third-order valence-electron chi connectivity index (χ3n) is 4.02. The molecule has 27 heavy (non-hydrogen) atoms. The van der Waals surface area contributed by atoms with Gasteiger partial charge in [0.25, 0.3) is 0 Å². The van der Waals surface area contributed by atoms with E-state index in [1.807, 2.05) is 0 Å². The maximum absolute atomic E-state index is 12.5. The first-order chi connectivity index (χ1) is 12.2. The van der Waals surface area contributed by atoms with Crippen LogP contribution >= 0.6 is 0 Å². The second kappa shape index (κ2) is 8.91. The maximum Gasteiger partial charge on any atom is 0.516 e. The van der Waals surface area contributed by atoms with E-state index in [1.165, 1.54) is 7.11 Å². The van der Waals surface area contributed by atoms with Crippen LogP contribution in [0.2, 0.25) is 0 Å². The second-order valence-corrected chi connectivity index (χ2v) is 8.76. The summed E-state index contributed by atoms with van der Waals surface area (Å²) < 4.78 is 20.8. The Hall–Kier alpha value is -1.83. The van der Waals surface area contributed by atoms with Crippen LogP contribution in [0.3, 0.4) is 0 Å². The fraction of sp³-hybridized carbons (Fsp3) is 0.842. The first-order valence-electron chi connectivity index (χ1n) is 9.22. The number of hydrogen-bond acceptors (Lipinski definition) is 7. The lowest BCUT2D eigenvalue weighted by Crippen LogP contribution is -2.49. The molecular formula is C19H33NO7. The summed E-state index contributed by atoms with van der Waals surface area (Å²) in [5.41, 5.74) is -1.38. The van der Waals surface area contributed by atoms with Crippen molar-refractivity contribution in [2.75, 3.05) is 13.7 Å². The van der Waals surface area contributed by atoms with Gasteiger partial charge in [0.1, 0.15) is 11.2 Å². The molecule has 0 aromatic carbocycles. The van der Waals surface area contributed by atoms with Crippen LogP contribution in [0, 0.1) is 5.92 Å². The van der Waals surface area contributed by atoms with Crippen molar-refractivity contribution in [1.82, 2.24) is 4.90 Å². The summed E-state index contributed by atoms with van der Waals surface area (Å²) in [6, 6.07) is -0.342. The number of hydrogen-bond donors (Lipinski definition) is 0. The summed E-state index contributed by atoms with van der Waals surface area (Å²) in [4.78, 5) is 38.2. The molecule has 0 aliphatic carbocycles. The highest BCUT2D eigenvalue weighted by molar-refractivity contribution is 5.84. The number of likely N-dealkylation sites (tertiary alicyclic amines) is 1. The van der Waals surface area contributed by atoms with Gasteiger partial charge in [-0.1, -0.05) is 0 Å². The van der Waals surface area contributed by atoms with Gasteiger partial charge in [0.2, 0.25) is 0 Å². The Morgan fingerprint density at radius 1 is 1.00 bits per heavy atom. The van der Waals surface area contributed by atoms with E-state index in [1.54, 1.807) is 53.4 Å². The lowest BCUT2D eigenvalue weighted by atomic mass is 9.96. The molecule has 156 valence electrons. The average Bonchev–Trinajstić information content (AvgIpc) is 2.93. The Morgan fingerprint density at radius 2 is 1.56 bits per heavy atom. The van der Waals surface area contributed by atoms with Gasteiger partial charge >= 0.3 is 18.2 Å². The van der Waals surface area contributed by atoms with Crippen LogP contribution in [0.25, 0.3) is 0 Å². The molecule has 8 heteroatoms. The Labute approximate surface area is 161 Å². The zero-order valence-corrected chi connectivity index (χ0v) is 17.7. The molecule has 1 saturated heterocycles. The topological polar surface area (TPSA) is 91.4 Å². The summed E-state index contributed by atoms with van der Waals surface area (Å²) in [6.45, 7) is 12.5. The van der Waals surface area contributed by atoms with Gasteiger partial charge in [0.05, 0.1) is 18.1 Å². The Kier molecular flexibility index (Phi) is 7.66. The first-order valence-corrected chi connectivity index (χ1v) is 9.22. The Balaban J connectivity index is 2.81. The molecule has 0 bridgehead atoms. The van der Waals surface area contributed by atoms with E-state index in [4.69, 9.17) is 18.9 Å². The number of methoxy groups -OCH3 is 1. The lowest BCUT2D eigenvalue weighted by molar-refractivity contribution is -0.152. The van der Waals surface area contributed by atoms with Crippen LogP contribution in [0.4, 0.5) is 9.59 Å². The van der Waals surface area contributed by atoms with Gasteiger partial charge in [0.15, 0.2) is 0 Å². The number of esters is 1. The molecule has 0 N–H and O–H groups in total. The minimum Gasteiger partial charge on any atom is -0.444 e. The van der Waals surface area contributed by atoms with Crippen LogP contribution in [-0.4, -0.2) is 60.1 Å². The van der Waals surface area contributed by atoms with E-state index < -0.39 is 41.4 Å². The molecule has 1 amide bonds. The third-order valence-corrected chi connectivity index (χ3v) is 4.02. The van der Waals surface area contributed by atoms with Crippen molar-refractivity contribution in [3.05, 3.63) is 0 Å². The largest absolute Gasteiger partial charge is 0.516 e. The van der Waals surface area contributed by atoms with Crippen LogP contribution < -0.4 is 0 Å². The molecule has 0 aromatic heterocycles. The summed E-state index contributed by atoms with van der Waals surface area (Å²) in [5, 5.41) is 0. The standard InChI is InChI=1S/C19H33NO7/c1-12(15(21)25-17(23)27-19(5,6)7)14(24-8)13-10-9-11-20(13)16(22)26-18(2,3)4/h12-14H,9-11H2,1-8H3/t12-,13+,14-/m1/s1. The third kappa shape index (κ3) is 7.36. The second-order valence-electron chi connectivity index (χ2n) is 8.76. The zero-order chi connectivity index (χ0) is 21.0. The zero-order valence-electron chi connectivity index (χ0n) is 17.7. The van der Waals surface area contributed by atoms with Crippen molar-refractivity contribution >= 4 is 18.2 Å². The minimum atomic E-state index is -1.05. The number of carbonyl (C=O) groups is 3. The highest BCUT2D eigenvalue weighted by Gasteiger charge is 2.42. The fourth-order valence-electron chi connectivity index (χ4n) is 2.96. The van der Waals surface area contributed by atoms with Gasteiger partial charge in [-0.25, -0.2) is 9.59 Å². The predicted octanol–water partition coefficient (Wildman–Crippen LogP) is 3.52. The van der Waals surface area contributed by atoms with Gasteiger partial charge in [0, 0.05) is 13.7 Å². The van der Waals surface area contributed by atoms with Crippen LogP contribution in [0.5, 0.6) is 0 Å². The molecule has 1 fully saturated rings. The van der Waals surface area contributed by atoms with Crippen LogP contribution in [-0.2, 0) is 23.7 Å². The number of carbonyl (C=O) groups excluding carboxylic acids is 3. The summed E-state index contributed by atoms with van der Waals surface area (Å²) in [5.74, 6) is -1.53.